The number of nitrogens with two attached hydrogens (primary N) is 1. The molecule has 0 atom stereocenters. The molecule has 6 rings (SSSR count). The van der Waals surface area contributed by atoms with Crippen molar-refractivity contribution in [2.45, 2.75) is 13.8 Å². The number of halogens is 1. The number of nitrogen functional groups attached to an aromatic ring is 1. The molecule has 0 saturated carbocycles. The number of ketones is 1. The number of hydrogen-bond acceptors (Lipinski definition) is 7. The molecule has 0 amide bonds. The predicted octanol–water partition coefficient (Wildman–Crippen LogP) is 8.27. The van der Waals surface area contributed by atoms with Crippen molar-refractivity contribution in [2.24, 2.45) is 10.2 Å². The van der Waals surface area contributed by atoms with Crippen LogP contribution in [0, 0.1) is 13.8 Å². The molecule has 0 saturated heterocycles. The third-order valence-electron chi connectivity index (χ3n) is 6.86. The van der Waals surface area contributed by atoms with E-state index in [1.807, 2.05) is 68.4 Å². The molecule has 0 aliphatic rings. The Morgan fingerprint density at radius 3 is 2.24 bits per heavy atom. The Balaban J connectivity index is 1.69. The average molecular weight is 573 g/mol. The summed E-state index contributed by atoms with van der Waals surface area (Å²) in [5.74, 6) is -0.466. The van der Waals surface area contributed by atoms with E-state index in [9.17, 15) is 9.90 Å². The molecule has 9 heteroatoms. The first kappa shape index (κ1) is 26.9. The van der Waals surface area contributed by atoms with Crippen molar-refractivity contribution in [2.75, 3.05) is 5.73 Å². The number of aryl methyl sites for hydroxylation is 2. The van der Waals surface area contributed by atoms with Crippen LogP contribution in [0.15, 0.2) is 107 Å². The van der Waals surface area contributed by atoms with E-state index in [0.29, 0.717) is 38.9 Å². The van der Waals surface area contributed by atoms with Gasteiger partial charge in [0, 0.05) is 16.1 Å². The van der Waals surface area contributed by atoms with E-state index in [1.54, 1.807) is 42.5 Å². The Kier molecular flexibility index (Phi) is 6.98. The second-order valence-corrected chi connectivity index (χ2v) is 10.3. The van der Waals surface area contributed by atoms with Crippen molar-refractivity contribution in [3.63, 3.8) is 0 Å². The van der Waals surface area contributed by atoms with Crippen LogP contribution in [0.2, 0.25) is 5.02 Å². The molecular weight excluding hydrogens is 548 g/mol. The van der Waals surface area contributed by atoms with Crippen LogP contribution in [-0.2, 0) is 0 Å². The first-order chi connectivity index (χ1) is 20.3. The van der Waals surface area contributed by atoms with Gasteiger partial charge in [0.25, 0.3) is 0 Å². The van der Waals surface area contributed by atoms with E-state index < -0.39 is 5.78 Å². The van der Waals surface area contributed by atoms with E-state index in [2.05, 4.69) is 15.3 Å². The van der Waals surface area contributed by atoms with Gasteiger partial charge >= 0.3 is 0 Å². The van der Waals surface area contributed by atoms with Crippen LogP contribution in [0.25, 0.3) is 28.2 Å². The monoisotopic (exact) mass is 572 g/mol. The molecular formula is C33H25ClN6O2. The molecule has 3 N–H and O–H groups in total. The number of phenols is 1. The fraction of sp³-hybridized carbons (Fsp3) is 0.0606. The minimum absolute atomic E-state index is 0.0929. The van der Waals surface area contributed by atoms with Crippen molar-refractivity contribution < 1.29 is 9.90 Å². The molecule has 8 nitrogen and oxygen atoms in total. The van der Waals surface area contributed by atoms with Gasteiger partial charge in [-0.2, -0.15) is 5.11 Å². The summed E-state index contributed by atoms with van der Waals surface area (Å²) >= 11 is 6.23. The molecule has 0 radical (unpaired) electrons. The standard InChI is InChI=1S/C33H25ClN6O2/c1-19-8-15-24(16-9-19)37-38-29-32(35)39-40-30(22-11-13-23(34)14-12-22)27(31(42)25-17-10-20(2)18-26(25)41)28(36-33(29)40)21-6-4-3-5-7-21/h3-18,41H,1-2H3,(H2,35,39). The topological polar surface area (TPSA) is 118 Å². The molecule has 0 fully saturated rings. The third kappa shape index (κ3) is 5.00. The quantitative estimate of drug-likeness (QED) is 0.154. The second-order valence-electron chi connectivity index (χ2n) is 9.91. The van der Waals surface area contributed by atoms with Crippen molar-refractivity contribution in [3.8, 4) is 28.3 Å². The van der Waals surface area contributed by atoms with Gasteiger partial charge in [-0.1, -0.05) is 77.8 Å². The number of phenolic OH excluding ortho intramolecular Hbond substituents is 1. The van der Waals surface area contributed by atoms with Crippen molar-refractivity contribution in [3.05, 3.63) is 124 Å². The van der Waals surface area contributed by atoms with Crippen LogP contribution in [-0.4, -0.2) is 25.5 Å². The lowest BCUT2D eigenvalue weighted by Crippen LogP contribution is -2.12. The van der Waals surface area contributed by atoms with E-state index in [4.69, 9.17) is 22.3 Å². The van der Waals surface area contributed by atoms with Crippen molar-refractivity contribution in [1.29, 1.82) is 0 Å². The smallest absolute Gasteiger partial charge is 0.201 e. The molecule has 42 heavy (non-hydrogen) atoms. The normalized spacial score (nSPS) is 11.4. The molecule has 2 heterocycles. The number of hydrogen-bond donors (Lipinski definition) is 2. The molecule has 4 aromatic carbocycles. The van der Waals surface area contributed by atoms with Crippen LogP contribution in [0.1, 0.15) is 27.0 Å². The maximum absolute atomic E-state index is 14.4. The van der Waals surface area contributed by atoms with Gasteiger partial charge in [0.2, 0.25) is 5.78 Å². The third-order valence-corrected chi connectivity index (χ3v) is 7.11. The number of carbonyl (C=O) groups excluding carboxylic acids is 1. The average Bonchev–Trinajstić information content (AvgIpc) is 3.31. The second kappa shape index (κ2) is 10.9. The van der Waals surface area contributed by atoms with Gasteiger partial charge in [-0.15, -0.1) is 10.2 Å². The Labute approximate surface area is 246 Å². The van der Waals surface area contributed by atoms with E-state index in [0.717, 1.165) is 11.1 Å². The van der Waals surface area contributed by atoms with Crippen LogP contribution in [0.3, 0.4) is 0 Å². The summed E-state index contributed by atoms with van der Waals surface area (Å²) in [6.45, 7) is 3.84. The van der Waals surface area contributed by atoms with Crippen LogP contribution in [0.5, 0.6) is 5.75 Å². The van der Waals surface area contributed by atoms with E-state index >= 15 is 0 Å². The maximum Gasteiger partial charge on any atom is 0.201 e. The number of anilines is 1. The maximum atomic E-state index is 14.4. The number of nitrogens with zero attached hydrogens (tertiary/aromatic N) is 5. The fourth-order valence-electron chi connectivity index (χ4n) is 4.73. The number of azo groups is 1. The van der Waals surface area contributed by atoms with Crippen molar-refractivity contribution in [1.82, 2.24) is 14.6 Å². The van der Waals surface area contributed by atoms with Gasteiger partial charge < -0.3 is 10.8 Å². The van der Waals surface area contributed by atoms with Crippen LogP contribution in [0.4, 0.5) is 17.2 Å². The largest absolute Gasteiger partial charge is 0.507 e. The summed E-state index contributed by atoms with van der Waals surface area (Å²) in [6, 6.07) is 28.9. The van der Waals surface area contributed by atoms with E-state index in [1.165, 1.54) is 4.52 Å². The summed E-state index contributed by atoms with van der Waals surface area (Å²) in [4.78, 5) is 19.3. The molecule has 0 unspecified atom stereocenters. The highest BCUT2D eigenvalue weighted by Gasteiger charge is 2.29. The van der Waals surface area contributed by atoms with Gasteiger partial charge in [-0.3, -0.25) is 4.79 Å². The minimum atomic E-state index is -0.428. The highest BCUT2D eigenvalue weighted by Crippen LogP contribution is 2.39. The summed E-state index contributed by atoms with van der Waals surface area (Å²) in [7, 11) is 0. The zero-order valence-electron chi connectivity index (χ0n) is 22.8. The van der Waals surface area contributed by atoms with Crippen LogP contribution < -0.4 is 5.73 Å². The minimum Gasteiger partial charge on any atom is -0.507 e. The lowest BCUT2D eigenvalue weighted by atomic mass is 9.93. The summed E-state index contributed by atoms with van der Waals surface area (Å²) < 4.78 is 1.51. The van der Waals surface area contributed by atoms with Gasteiger partial charge in [0.05, 0.1) is 28.2 Å². The SMILES string of the molecule is Cc1ccc(N=Nc2c(N)nn3c(-c4ccc(Cl)cc4)c(C(=O)c4ccc(C)cc4O)c(-c4ccccc4)nc23)cc1. The zero-order valence-corrected chi connectivity index (χ0v) is 23.5. The molecule has 2 aromatic heterocycles. The number of rotatable bonds is 6. The predicted molar refractivity (Wildman–Crippen MR) is 165 cm³/mol. The Morgan fingerprint density at radius 2 is 1.55 bits per heavy atom. The Bertz CT molecular complexity index is 1980. The number of fused-ring (bicyclic) bond motifs is 1. The molecule has 6 aromatic rings. The summed E-state index contributed by atoms with van der Waals surface area (Å²) in [5.41, 5.74) is 12.0. The number of aromatic hydroxyl groups is 1. The number of carbonyl (C=O) groups is 1. The highest BCUT2D eigenvalue weighted by molar-refractivity contribution is 6.30. The molecule has 0 aliphatic carbocycles. The molecule has 206 valence electrons. The molecule has 0 bridgehead atoms. The zero-order chi connectivity index (χ0) is 29.4. The highest BCUT2D eigenvalue weighted by atomic mass is 35.5. The van der Waals surface area contributed by atoms with Gasteiger partial charge in [0.15, 0.2) is 17.2 Å². The number of benzene rings is 4. The Hall–Kier alpha value is -5.34. The van der Waals surface area contributed by atoms with E-state index in [-0.39, 0.29) is 28.4 Å². The molecule has 0 aliphatic heterocycles. The van der Waals surface area contributed by atoms with Gasteiger partial charge in [-0.05, 0) is 55.8 Å². The van der Waals surface area contributed by atoms with Gasteiger partial charge in [0.1, 0.15) is 5.75 Å². The summed E-state index contributed by atoms with van der Waals surface area (Å²) in [6.07, 6.45) is 0. The lowest BCUT2D eigenvalue weighted by Gasteiger charge is -2.17. The first-order valence-electron chi connectivity index (χ1n) is 13.2. The summed E-state index contributed by atoms with van der Waals surface area (Å²) in [5, 5.41) is 24.7. The fourth-order valence-corrected chi connectivity index (χ4v) is 4.86. The van der Waals surface area contributed by atoms with Crippen molar-refractivity contribution >= 4 is 40.2 Å². The first-order valence-corrected chi connectivity index (χ1v) is 13.5. The molecule has 0 spiro atoms. The van der Waals surface area contributed by atoms with Crippen LogP contribution >= 0.6 is 11.6 Å². The lowest BCUT2D eigenvalue weighted by molar-refractivity contribution is 0.103. The Morgan fingerprint density at radius 1 is 0.857 bits per heavy atom. The number of aromatic nitrogens is 3. The van der Waals surface area contributed by atoms with Gasteiger partial charge in [-0.25, -0.2) is 9.50 Å².